The Morgan fingerprint density at radius 2 is 1.95 bits per heavy atom. The molecule has 3 rings (SSSR count). The summed E-state index contributed by atoms with van der Waals surface area (Å²) in [5.41, 5.74) is 4.77. The molecule has 1 heterocycles. The van der Waals surface area contributed by atoms with Crippen LogP contribution in [0.4, 0.5) is 0 Å². The van der Waals surface area contributed by atoms with Crippen molar-refractivity contribution < 1.29 is 0 Å². The average Bonchev–Trinajstić information content (AvgIpc) is 2.74. The molecule has 1 heteroatoms. The Bertz CT molecular complexity index is 540. The molecule has 19 heavy (non-hydrogen) atoms. The largest absolute Gasteiger partial charge is 0.144 e. The van der Waals surface area contributed by atoms with Gasteiger partial charge in [-0.3, -0.25) is 0 Å². The Balaban J connectivity index is 2.13. The van der Waals surface area contributed by atoms with Crippen LogP contribution in [0.15, 0.2) is 17.7 Å². The highest BCUT2D eigenvalue weighted by molar-refractivity contribution is 7.12. The number of allylic oxidation sites excluding steroid dienone is 3. The van der Waals surface area contributed by atoms with E-state index >= 15 is 0 Å². The van der Waals surface area contributed by atoms with Crippen molar-refractivity contribution in [3.05, 3.63) is 38.6 Å². The van der Waals surface area contributed by atoms with Crippen LogP contribution in [0.1, 0.15) is 73.3 Å². The van der Waals surface area contributed by atoms with Crippen LogP contribution < -0.4 is 0 Å². The number of thiophene rings is 1. The zero-order valence-corrected chi connectivity index (χ0v) is 13.3. The summed E-state index contributed by atoms with van der Waals surface area (Å²) in [7, 11) is 0. The molecule has 1 aromatic heterocycles. The summed E-state index contributed by atoms with van der Waals surface area (Å²) in [6, 6.07) is 0. The molecule has 0 nitrogen and oxygen atoms in total. The lowest BCUT2D eigenvalue weighted by Gasteiger charge is -2.25. The Labute approximate surface area is 121 Å². The van der Waals surface area contributed by atoms with Crippen LogP contribution in [-0.2, 0) is 6.42 Å². The van der Waals surface area contributed by atoms with Crippen LogP contribution in [-0.4, -0.2) is 0 Å². The van der Waals surface area contributed by atoms with E-state index in [9.17, 15) is 0 Å². The summed E-state index contributed by atoms with van der Waals surface area (Å²) >= 11 is 2.09. The Hall–Kier alpha value is -0.820. The van der Waals surface area contributed by atoms with E-state index in [2.05, 4.69) is 57.3 Å². The van der Waals surface area contributed by atoms with Gasteiger partial charge in [0.1, 0.15) is 0 Å². The summed E-state index contributed by atoms with van der Waals surface area (Å²) < 4.78 is 0. The van der Waals surface area contributed by atoms with Crippen molar-refractivity contribution in [3.63, 3.8) is 0 Å². The van der Waals surface area contributed by atoms with Crippen molar-refractivity contribution >= 4 is 17.4 Å². The molecule has 0 fully saturated rings. The highest BCUT2D eigenvalue weighted by Gasteiger charge is 2.28. The maximum absolute atomic E-state index is 2.50. The van der Waals surface area contributed by atoms with Gasteiger partial charge >= 0.3 is 0 Å². The number of hydrogen-bond acceptors (Lipinski definition) is 1. The van der Waals surface area contributed by atoms with Gasteiger partial charge in [0.15, 0.2) is 0 Å². The molecule has 0 N–H and O–H groups in total. The van der Waals surface area contributed by atoms with Gasteiger partial charge in [-0.05, 0) is 53.7 Å². The van der Waals surface area contributed by atoms with Gasteiger partial charge in [-0.2, -0.15) is 0 Å². The van der Waals surface area contributed by atoms with E-state index in [1.807, 2.05) is 0 Å². The zero-order chi connectivity index (χ0) is 13.6. The first-order valence-electron chi connectivity index (χ1n) is 7.61. The van der Waals surface area contributed by atoms with Gasteiger partial charge in [-0.1, -0.05) is 45.9 Å². The molecular formula is C18H24S. The van der Waals surface area contributed by atoms with Crippen molar-refractivity contribution in [1.82, 2.24) is 0 Å². The topological polar surface area (TPSA) is 0 Å². The molecule has 0 radical (unpaired) electrons. The number of rotatable bonds is 2. The normalized spacial score (nSPS) is 21.6. The van der Waals surface area contributed by atoms with Crippen LogP contribution in [0.25, 0.3) is 6.08 Å². The fraction of sp³-hybridized carbons (Fsp3) is 0.556. The molecule has 0 aliphatic heterocycles. The second-order valence-corrected chi connectivity index (χ2v) is 7.69. The Kier molecular flexibility index (Phi) is 3.42. The summed E-state index contributed by atoms with van der Waals surface area (Å²) in [6.07, 6.45) is 11.1. The fourth-order valence-corrected chi connectivity index (χ4v) is 4.98. The third kappa shape index (κ3) is 2.23. The lowest BCUT2D eigenvalue weighted by atomic mass is 9.79. The fourth-order valence-electron chi connectivity index (χ4n) is 3.46. The van der Waals surface area contributed by atoms with E-state index in [1.54, 1.807) is 26.5 Å². The zero-order valence-electron chi connectivity index (χ0n) is 12.5. The first-order chi connectivity index (χ1) is 9.08. The number of hydrogen-bond donors (Lipinski definition) is 0. The van der Waals surface area contributed by atoms with E-state index in [0.29, 0.717) is 11.8 Å². The molecule has 1 unspecified atom stereocenters. The molecular weight excluding hydrogens is 248 g/mol. The summed E-state index contributed by atoms with van der Waals surface area (Å²) in [5, 5.41) is 0. The van der Waals surface area contributed by atoms with Crippen molar-refractivity contribution in [2.75, 3.05) is 0 Å². The van der Waals surface area contributed by atoms with Gasteiger partial charge in [0.2, 0.25) is 0 Å². The Morgan fingerprint density at radius 3 is 2.63 bits per heavy atom. The highest BCUT2D eigenvalue weighted by Crippen LogP contribution is 2.45. The van der Waals surface area contributed by atoms with Crippen molar-refractivity contribution in [2.24, 2.45) is 5.92 Å². The predicted molar refractivity (Wildman–Crippen MR) is 86.0 cm³/mol. The van der Waals surface area contributed by atoms with Crippen molar-refractivity contribution in [3.8, 4) is 0 Å². The van der Waals surface area contributed by atoms with E-state index < -0.39 is 0 Å². The molecule has 0 saturated carbocycles. The van der Waals surface area contributed by atoms with E-state index in [-0.39, 0.29) is 0 Å². The van der Waals surface area contributed by atoms with Gasteiger partial charge in [-0.15, -0.1) is 11.3 Å². The minimum atomic E-state index is 0.637. The van der Waals surface area contributed by atoms with Crippen molar-refractivity contribution in [2.45, 2.75) is 58.8 Å². The second kappa shape index (κ2) is 4.94. The van der Waals surface area contributed by atoms with Crippen LogP contribution in [0.5, 0.6) is 0 Å². The van der Waals surface area contributed by atoms with Crippen LogP contribution in [0.2, 0.25) is 0 Å². The van der Waals surface area contributed by atoms with E-state index in [0.717, 1.165) is 5.92 Å². The monoisotopic (exact) mass is 272 g/mol. The quantitative estimate of drug-likeness (QED) is 0.628. The summed E-state index contributed by atoms with van der Waals surface area (Å²) in [6.45, 7) is 9.36. The summed E-state index contributed by atoms with van der Waals surface area (Å²) in [4.78, 5) is 3.27. The standard InChI is InChI=1S/C18H24S/c1-11(2)17-15-9-13-7-5-6-8-14(13)10-16(15)19-18(17)12(3)4/h5,7,9,11-12,14H,6,8,10H2,1-4H3. The minimum absolute atomic E-state index is 0.637. The van der Waals surface area contributed by atoms with Gasteiger partial charge in [0, 0.05) is 9.75 Å². The van der Waals surface area contributed by atoms with Gasteiger partial charge < -0.3 is 0 Å². The van der Waals surface area contributed by atoms with Crippen LogP contribution >= 0.6 is 11.3 Å². The maximum atomic E-state index is 2.50. The van der Waals surface area contributed by atoms with Crippen LogP contribution in [0, 0.1) is 5.92 Å². The first-order valence-corrected chi connectivity index (χ1v) is 8.43. The average molecular weight is 272 g/mol. The van der Waals surface area contributed by atoms with E-state index in [1.165, 1.54) is 19.3 Å². The lowest BCUT2D eigenvalue weighted by Crippen LogP contribution is -2.13. The lowest BCUT2D eigenvalue weighted by molar-refractivity contribution is 0.561. The van der Waals surface area contributed by atoms with Gasteiger partial charge in [0.05, 0.1) is 0 Å². The smallest absolute Gasteiger partial charge is 0.0130 e. The second-order valence-electron chi connectivity index (χ2n) is 6.55. The van der Waals surface area contributed by atoms with Gasteiger partial charge in [0.25, 0.3) is 0 Å². The molecule has 2 aliphatic carbocycles. The molecule has 0 bridgehead atoms. The molecule has 1 aromatic rings. The van der Waals surface area contributed by atoms with E-state index in [4.69, 9.17) is 0 Å². The third-order valence-corrected chi connectivity index (χ3v) is 5.94. The maximum Gasteiger partial charge on any atom is 0.0130 e. The minimum Gasteiger partial charge on any atom is -0.144 e. The molecule has 0 saturated heterocycles. The SMILES string of the molecule is CC(C)c1sc2c(c1C(C)C)C=C1C=CCCC1C2. The number of fused-ring (bicyclic) bond motifs is 2. The van der Waals surface area contributed by atoms with Crippen molar-refractivity contribution in [1.29, 1.82) is 0 Å². The predicted octanol–water partition coefficient (Wildman–Crippen LogP) is 5.90. The first kappa shape index (κ1) is 13.2. The third-order valence-electron chi connectivity index (χ3n) is 4.40. The molecule has 0 amide bonds. The van der Waals surface area contributed by atoms with Crippen LogP contribution in [0.3, 0.4) is 0 Å². The highest BCUT2D eigenvalue weighted by atomic mass is 32.1. The molecule has 0 aromatic carbocycles. The Morgan fingerprint density at radius 1 is 1.16 bits per heavy atom. The van der Waals surface area contributed by atoms with Gasteiger partial charge in [-0.25, -0.2) is 0 Å². The molecule has 2 aliphatic rings. The molecule has 0 spiro atoms. The molecule has 102 valence electrons. The molecule has 1 atom stereocenters. The summed E-state index contributed by atoms with van der Waals surface area (Å²) in [5.74, 6) is 2.08.